The van der Waals surface area contributed by atoms with Gasteiger partial charge >= 0.3 is 0 Å². The van der Waals surface area contributed by atoms with Gasteiger partial charge in [-0.2, -0.15) is 0 Å². The van der Waals surface area contributed by atoms with Crippen LogP contribution in [0.1, 0.15) is 162 Å². The fourth-order valence-corrected chi connectivity index (χ4v) is 18.1. The highest BCUT2D eigenvalue weighted by Crippen LogP contribution is 2.30. The van der Waals surface area contributed by atoms with Gasteiger partial charge in [-0.05, 0) is 111 Å². The van der Waals surface area contributed by atoms with E-state index in [4.69, 9.17) is 10.5 Å². The molecule has 16 amide bonds. The largest absolute Gasteiger partial charge is 0.508 e. The second kappa shape index (κ2) is 49.5. The van der Waals surface area contributed by atoms with Gasteiger partial charge < -0.3 is 108 Å². The number of primary amides is 1. The molecule has 38 nitrogen and oxygen atoms in total. The van der Waals surface area contributed by atoms with Crippen molar-refractivity contribution in [3.05, 3.63) is 102 Å². The van der Waals surface area contributed by atoms with E-state index in [1.165, 1.54) is 71.9 Å². The minimum absolute atomic E-state index is 0.00148. The van der Waals surface area contributed by atoms with E-state index in [0.29, 0.717) is 58.8 Å². The van der Waals surface area contributed by atoms with E-state index >= 15 is 33.6 Å². The van der Waals surface area contributed by atoms with Crippen molar-refractivity contribution in [2.45, 2.75) is 243 Å². The zero-order chi connectivity index (χ0) is 96.3. The number of aromatic nitrogens is 2. The maximum Gasteiger partial charge on any atom is 0.246 e. The normalized spacial score (nSPS) is 25.4. The van der Waals surface area contributed by atoms with Gasteiger partial charge in [-0.25, -0.2) is 0 Å². The second-order valence-corrected chi connectivity index (χ2v) is 36.6. The minimum atomic E-state index is -1.72. The van der Waals surface area contributed by atoms with Crippen molar-refractivity contribution in [3.63, 3.8) is 0 Å². The number of aliphatic hydroxyl groups is 1. The van der Waals surface area contributed by atoms with Gasteiger partial charge in [0.05, 0.1) is 50.6 Å². The molecule has 14 atom stereocenters. The zero-order valence-electron chi connectivity index (χ0n) is 77.3. The van der Waals surface area contributed by atoms with Crippen molar-refractivity contribution < 1.29 is 96.5 Å². The van der Waals surface area contributed by atoms with Crippen LogP contribution in [0.2, 0.25) is 0 Å². The number of phenols is 1. The number of nitrogens with two attached hydrogens (primary N) is 1. The number of Topliss-reactive ketones (excluding diaryl/α,β-unsaturated/α-hetero) is 1. The molecule has 15 N–H and O–H groups in total. The number of carbonyl (C=O) groups is 17. The van der Waals surface area contributed by atoms with Gasteiger partial charge in [-0.15, -0.1) is 11.8 Å². The van der Waals surface area contributed by atoms with Crippen molar-refractivity contribution in [2.24, 2.45) is 23.5 Å². The number of H-pyrrole nitrogens is 2. The zero-order valence-corrected chi connectivity index (χ0v) is 78.1. The molecule has 5 aromatic rings. The van der Waals surface area contributed by atoms with Crippen LogP contribution in [0, 0.1) is 17.8 Å². The van der Waals surface area contributed by atoms with Crippen molar-refractivity contribution in [3.8, 4) is 5.75 Å². The van der Waals surface area contributed by atoms with Crippen LogP contribution in [0.5, 0.6) is 5.75 Å². The molecule has 3 aromatic carbocycles. The predicted molar refractivity (Wildman–Crippen MR) is 491 cm³/mol. The monoisotopic (exact) mass is 1850 g/mol. The maximum atomic E-state index is 15.6. The van der Waals surface area contributed by atoms with E-state index in [1.807, 2.05) is 50.2 Å². The molecule has 0 bridgehead atoms. The number of morpholine rings is 1. The molecular weight excluding hydrogens is 1720 g/mol. The molecule has 0 spiro atoms. The SMILES string of the molecule is CCCC[C@H]1C(=O)N(C)[C@@H](CCCC)C(=O)N[C@@H](CC(C)C)C(=O)N[C@H](C(=O)NCC(=O)N2CCOCC2)CSCC(=O)N[C@@H](Cc2ccc(O)cc2)C(=O)N(C)[C@@H](C)C(=O)N[C@@H](CC(N)=O)C(=O)N2CCC[C@H]2C(=O)N[C@@H](CC)C(=O)N[C@@H](CC(C)C)C(=O)N2C[C@H](O)C[C@H]2C(=O)C[C@@H](Cc2c[nH]c3ccccc23)C(=O)NCC(=O)NC(Cc2c[nH]c3ccccc23)C(=O)N1C. The first-order chi connectivity index (χ1) is 62.9. The first-order valence-corrected chi connectivity index (χ1v) is 46.9. The number of fused-ring (bicyclic) bond motifs is 4. The smallest absolute Gasteiger partial charge is 0.246 e. The molecule has 39 heteroatoms. The Labute approximate surface area is 773 Å². The number of ketones is 1. The highest BCUT2D eigenvalue weighted by molar-refractivity contribution is 8.00. The van der Waals surface area contributed by atoms with Crippen LogP contribution in [-0.2, 0) is 106 Å². The number of carbonyl (C=O) groups excluding carboxylic acids is 17. The molecule has 4 aliphatic heterocycles. The number of unbranched alkanes of at least 4 members (excludes halogenated alkanes) is 2. The third kappa shape index (κ3) is 28.5. The Morgan fingerprint density at radius 1 is 0.568 bits per heavy atom. The number of hydrogen-bond donors (Lipinski definition) is 14. The molecule has 6 heterocycles. The lowest BCUT2D eigenvalue weighted by molar-refractivity contribution is -0.149. The lowest BCUT2D eigenvalue weighted by atomic mass is 9.90. The standard InChI is InChI=1S/C93H132N18O20S/c1-12-15-26-73-87(124)102-67(38-53(4)5)86(123)105-72(84(121)98-49-81(118)109-34-36-131-37-35-109)51-132-52-80(117)100-69(40-56-29-31-60(112)32-30-56)89(126)106(9)55(8)82(119)103-71(45-78(94)115)91(128)110-33-21-28-74(110)88(125)101-64(14-3)85(122)104-68(39-54(6)7)92(129)111-50-61(113)44-76(111)77(114)43-57(41-58-46-95-65-24-19-17-22-62(58)65)83(120)97-48-79(116)99-70(42-59-47-96-66-25-20-18-23-63(59)66)90(127)108(11)75(27-16-13-2)93(130)107(73)10/h17-20,22-25,29-32,46-47,53-55,57,61,64,67-76,95-96,112-113H,12-16,21,26-28,33-45,48-52H2,1-11H3,(H2,94,115)(H,97,120)(H,98,121)(H,99,116)(H,100,117)(H,101,125)(H,102,124)(H,103,119)(H,104,122)(H,105,123)/t55-,57+,61+,64-,67-,68-,69-,70?,71-,72-,73-,74-,75-,76-/m0/s1. The summed E-state index contributed by atoms with van der Waals surface area (Å²) in [6.45, 7) is 13.2. The molecule has 132 heavy (non-hydrogen) atoms. The van der Waals surface area contributed by atoms with Gasteiger partial charge in [-0.3, -0.25) is 81.5 Å². The molecule has 720 valence electrons. The summed E-state index contributed by atoms with van der Waals surface area (Å²) in [5.74, 6) is -16.3. The fraction of sp³-hybridized carbons (Fsp3) is 0.581. The number of nitrogens with one attached hydrogen (secondary N) is 11. The summed E-state index contributed by atoms with van der Waals surface area (Å²) in [7, 11) is 4.09. The predicted octanol–water partition coefficient (Wildman–Crippen LogP) is 1.40. The van der Waals surface area contributed by atoms with Crippen molar-refractivity contribution >= 4 is 134 Å². The molecule has 2 aromatic heterocycles. The number of thioether (sulfide) groups is 1. The van der Waals surface area contributed by atoms with Crippen LogP contribution < -0.4 is 53.6 Å². The summed E-state index contributed by atoms with van der Waals surface area (Å²) in [5.41, 5.74) is 8.79. The van der Waals surface area contributed by atoms with Gasteiger partial charge in [0.15, 0.2) is 5.78 Å². The number of benzene rings is 3. The second-order valence-electron chi connectivity index (χ2n) is 35.6. The van der Waals surface area contributed by atoms with Crippen LogP contribution in [0.4, 0.5) is 0 Å². The number of hydrogen-bond acceptors (Lipinski definition) is 21. The molecular formula is C93H132N18O20S. The average molecular weight is 1850 g/mol. The van der Waals surface area contributed by atoms with E-state index in [-0.39, 0.29) is 133 Å². The molecule has 0 saturated carbocycles. The van der Waals surface area contributed by atoms with Crippen molar-refractivity contribution in [1.29, 1.82) is 0 Å². The third-order valence-electron chi connectivity index (χ3n) is 24.7. The third-order valence-corrected chi connectivity index (χ3v) is 25.8. The Kier molecular flexibility index (Phi) is 38.9. The first kappa shape index (κ1) is 104. The van der Waals surface area contributed by atoms with E-state index in [0.717, 1.165) is 26.9 Å². The molecule has 0 radical (unpaired) electrons. The summed E-state index contributed by atoms with van der Waals surface area (Å²) in [6.07, 6.45) is 2.36. The molecule has 9 rings (SSSR count). The molecule has 4 fully saturated rings. The first-order valence-electron chi connectivity index (χ1n) is 45.8. The minimum Gasteiger partial charge on any atom is -0.508 e. The Balaban J connectivity index is 1.07. The quantitative estimate of drug-likeness (QED) is 0.0466. The van der Waals surface area contributed by atoms with E-state index in [9.17, 15) is 58.2 Å². The number of amides is 16. The van der Waals surface area contributed by atoms with E-state index in [1.54, 1.807) is 59.1 Å². The average Bonchev–Trinajstić information content (AvgIpc) is 1.71. The Morgan fingerprint density at radius 2 is 1.12 bits per heavy atom. The number of aromatic amines is 2. The highest BCUT2D eigenvalue weighted by atomic mass is 32.2. The highest BCUT2D eigenvalue weighted by Gasteiger charge is 2.46. The maximum absolute atomic E-state index is 15.6. The molecule has 0 aliphatic carbocycles. The Hall–Kier alpha value is -12.0. The number of para-hydroxylation sites is 2. The topological polar surface area (TPSA) is 525 Å². The van der Waals surface area contributed by atoms with Crippen LogP contribution in [0.3, 0.4) is 0 Å². The number of aliphatic hydroxyl groups excluding tert-OH is 1. The lowest BCUT2D eigenvalue weighted by Gasteiger charge is -2.36. The van der Waals surface area contributed by atoms with Crippen LogP contribution in [-0.4, -0.2) is 314 Å². The number of nitrogens with zero attached hydrogens (tertiary/aromatic N) is 6. The number of phenolic OH excluding ortho intramolecular Hbond substituents is 1. The number of ether oxygens (including phenoxy) is 1. The summed E-state index contributed by atoms with van der Waals surface area (Å²) < 4.78 is 5.42. The number of aromatic hydroxyl groups is 1. The van der Waals surface area contributed by atoms with Gasteiger partial charge in [0.1, 0.15) is 72.2 Å². The molecule has 4 aliphatic rings. The Bertz CT molecular complexity index is 4920. The van der Waals surface area contributed by atoms with Gasteiger partial charge in [0, 0.05) is 119 Å². The summed E-state index contributed by atoms with van der Waals surface area (Å²) in [4.78, 5) is 264. The van der Waals surface area contributed by atoms with E-state index in [2.05, 4.69) is 57.8 Å². The molecule has 1 unspecified atom stereocenters. The van der Waals surface area contributed by atoms with Crippen molar-refractivity contribution in [1.82, 2.24) is 87.2 Å². The number of likely N-dealkylation sites (N-methyl/N-ethyl adjacent to an activating group) is 3. The number of rotatable bonds is 22. The lowest BCUT2D eigenvalue weighted by Crippen LogP contribution is -2.60. The van der Waals surface area contributed by atoms with Gasteiger partial charge in [-0.1, -0.05) is 123 Å². The van der Waals surface area contributed by atoms with E-state index < -0.39 is 217 Å². The van der Waals surface area contributed by atoms with Gasteiger partial charge in [0.25, 0.3) is 0 Å². The summed E-state index contributed by atoms with van der Waals surface area (Å²) >= 11 is 0.844. The van der Waals surface area contributed by atoms with Crippen LogP contribution >= 0.6 is 11.8 Å². The Morgan fingerprint density at radius 3 is 1.74 bits per heavy atom. The summed E-state index contributed by atoms with van der Waals surface area (Å²) in [5, 5.41) is 47.6. The van der Waals surface area contributed by atoms with Crippen LogP contribution in [0.25, 0.3) is 21.8 Å². The van der Waals surface area contributed by atoms with Crippen LogP contribution in [0.15, 0.2) is 85.2 Å². The fourth-order valence-electron chi connectivity index (χ4n) is 17.2. The van der Waals surface area contributed by atoms with Crippen molar-refractivity contribution in [2.75, 3.05) is 85.1 Å². The molecule has 4 saturated heterocycles. The van der Waals surface area contributed by atoms with Gasteiger partial charge in [0.2, 0.25) is 94.5 Å². The summed E-state index contributed by atoms with van der Waals surface area (Å²) in [6, 6.07) is 3.32.